The molecule has 9 heteroatoms. The van der Waals surface area contributed by atoms with Crippen molar-refractivity contribution in [1.82, 2.24) is 19.9 Å². The van der Waals surface area contributed by atoms with Gasteiger partial charge in [-0.3, -0.25) is 4.79 Å². The van der Waals surface area contributed by atoms with Crippen LogP contribution < -0.4 is 15.0 Å². The second-order valence-corrected chi connectivity index (χ2v) is 11.6. The van der Waals surface area contributed by atoms with E-state index >= 15 is 0 Å². The summed E-state index contributed by atoms with van der Waals surface area (Å²) in [5.41, 5.74) is 4.20. The molecule has 1 amide bonds. The number of hydrogen-bond donors (Lipinski definition) is 1. The summed E-state index contributed by atoms with van der Waals surface area (Å²) in [6.07, 6.45) is 7.06. The lowest BCUT2D eigenvalue weighted by Crippen LogP contribution is -2.45. The highest BCUT2D eigenvalue weighted by atomic mass is 35.5. The van der Waals surface area contributed by atoms with Crippen molar-refractivity contribution in [3.8, 4) is 22.9 Å². The Labute approximate surface area is 238 Å². The Kier molecular flexibility index (Phi) is 6.63. The van der Waals surface area contributed by atoms with Crippen molar-refractivity contribution in [3.05, 3.63) is 76.7 Å². The van der Waals surface area contributed by atoms with Crippen LogP contribution >= 0.6 is 11.6 Å². The van der Waals surface area contributed by atoms with Gasteiger partial charge in [-0.15, -0.1) is 0 Å². The van der Waals surface area contributed by atoms with Crippen LogP contribution in [0.4, 0.5) is 5.82 Å². The average Bonchev–Trinajstić information content (AvgIpc) is 3.59. The van der Waals surface area contributed by atoms with Crippen molar-refractivity contribution >= 4 is 28.8 Å². The van der Waals surface area contributed by atoms with Crippen LogP contribution in [0.1, 0.15) is 48.2 Å². The lowest BCUT2D eigenvalue weighted by Gasteiger charge is -2.29. The van der Waals surface area contributed by atoms with Crippen molar-refractivity contribution < 1.29 is 9.53 Å². The van der Waals surface area contributed by atoms with Crippen LogP contribution in [-0.4, -0.2) is 45.7 Å². The summed E-state index contributed by atoms with van der Waals surface area (Å²) in [6.45, 7) is 8.34. The molecule has 6 rings (SSSR count). The largest absolute Gasteiger partial charge is 0.492 e. The predicted molar refractivity (Wildman–Crippen MR) is 155 cm³/mol. The van der Waals surface area contributed by atoms with Gasteiger partial charge in [0, 0.05) is 36.0 Å². The second kappa shape index (κ2) is 10.1. The van der Waals surface area contributed by atoms with Crippen LogP contribution in [-0.2, 0) is 0 Å². The zero-order valence-corrected chi connectivity index (χ0v) is 23.6. The van der Waals surface area contributed by atoms with E-state index in [-0.39, 0.29) is 11.4 Å². The van der Waals surface area contributed by atoms with E-state index in [2.05, 4.69) is 28.3 Å². The van der Waals surface area contributed by atoms with E-state index in [0.717, 1.165) is 54.0 Å². The van der Waals surface area contributed by atoms with E-state index in [1.807, 2.05) is 50.4 Å². The zero-order chi connectivity index (χ0) is 28.0. The minimum Gasteiger partial charge on any atom is -0.492 e. The molecule has 1 aliphatic heterocycles. The highest BCUT2D eigenvalue weighted by molar-refractivity contribution is 6.34. The number of aryl methyl sites for hydroxylation is 1. The number of nitrogens with one attached hydrogen (secondary N) is 1. The molecule has 40 heavy (non-hydrogen) atoms. The van der Waals surface area contributed by atoms with Gasteiger partial charge in [0.2, 0.25) is 0 Å². The maximum atomic E-state index is 13.1. The molecule has 1 saturated heterocycles. The Morgan fingerprint density at radius 1 is 1.23 bits per heavy atom. The van der Waals surface area contributed by atoms with Crippen LogP contribution in [0.3, 0.4) is 0 Å². The lowest BCUT2D eigenvalue weighted by atomic mass is 9.96. The number of hydrogen-bond acceptors (Lipinski definition) is 6. The Morgan fingerprint density at radius 2 is 2.00 bits per heavy atom. The van der Waals surface area contributed by atoms with Crippen molar-refractivity contribution in [1.29, 1.82) is 5.26 Å². The van der Waals surface area contributed by atoms with Crippen molar-refractivity contribution in [2.24, 2.45) is 11.8 Å². The number of rotatable bonds is 6. The number of ether oxygens (including phenoxy) is 1. The Balaban J connectivity index is 1.17. The predicted octanol–water partition coefficient (Wildman–Crippen LogP) is 5.66. The van der Waals surface area contributed by atoms with E-state index in [1.165, 1.54) is 0 Å². The van der Waals surface area contributed by atoms with Crippen molar-refractivity contribution in [2.75, 3.05) is 24.6 Å². The SMILES string of the molecule is CCOc1cc(-c2ccc(N3C[C@@H]4CC(C)(NC(=O)c5c(C)cccc5Cl)C[C@@H]4C3)nc2)c2c(C#N)cnn2c1. The van der Waals surface area contributed by atoms with Crippen LogP contribution in [0.2, 0.25) is 5.02 Å². The molecule has 2 aliphatic rings. The fourth-order valence-electron chi connectivity index (χ4n) is 6.56. The maximum absolute atomic E-state index is 13.1. The quantitative estimate of drug-likeness (QED) is 0.330. The number of carbonyl (C=O) groups excluding carboxylic acids is 1. The maximum Gasteiger partial charge on any atom is 0.253 e. The molecule has 4 heterocycles. The topological polar surface area (TPSA) is 95.5 Å². The van der Waals surface area contributed by atoms with Crippen LogP contribution in [0, 0.1) is 30.1 Å². The monoisotopic (exact) mass is 554 g/mol. The summed E-state index contributed by atoms with van der Waals surface area (Å²) in [4.78, 5) is 20.3. The molecule has 0 bridgehead atoms. The number of aromatic nitrogens is 3. The Bertz CT molecular complexity index is 1610. The van der Waals surface area contributed by atoms with Gasteiger partial charge in [-0.2, -0.15) is 10.4 Å². The van der Waals surface area contributed by atoms with Gasteiger partial charge in [-0.05, 0) is 75.3 Å². The highest BCUT2D eigenvalue weighted by Gasteiger charge is 2.47. The number of carbonyl (C=O) groups is 1. The molecular weight excluding hydrogens is 524 g/mol. The number of fused-ring (bicyclic) bond motifs is 2. The van der Waals surface area contributed by atoms with E-state index in [0.29, 0.717) is 40.3 Å². The Morgan fingerprint density at radius 3 is 2.65 bits per heavy atom. The number of amides is 1. The molecule has 204 valence electrons. The molecule has 1 unspecified atom stereocenters. The first-order chi connectivity index (χ1) is 19.3. The zero-order valence-electron chi connectivity index (χ0n) is 22.8. The van der Waals surface area contributed by atoms with E-state index < -0.39 is 0 Å². The van der Waals surface area contributed by atoms with Gasteiger partial charge in [-0.1, -0.05) is 23.7 Å². The third-order valence-corrected chi connectivity index (χ3v) is 8.58. The molecule has 0 spiro atoms. The Hall–Kier alpha value is -4.09. The summed E-state index contributed by atoms with van der Waals surface area (Å²) in [5, 5.41) is 17.7. The summed E-state index contributed by atoms with van der Waals surface area (Å²) in [5.74, 6) is 2.48. The number of anilines is 1. The first-order valence-electron chi connectivity index (χ1n) is 13.6. The number of halogens is 1. The van der Waals surface area contributed by atoms with Crippen LogP contribution in [0.25, 0.3) is 16.6 Å². The van der Waals surface area contributed by atoms with E-state index in [4.69, 9.17) is 21.3 Å². The van der Waals surface area contributed by atoms with E-state index in [1.54, 1.807) is 23.0 Å². The van der Waals surface area contributed by atoms with Crippen LogP contribution in [0.5, 0.6) is 5.75 Å². The molecule has 3 aromatic heterocycles. The highest BCUT2D eigenvalue weighted by Crippen LogP contribution is 2.45. The molecule has 1 saturated carbocycles. The summed E-state index contributed by atoms with van der Waals surface area (Å²) in [7, 11) is 0. The molecule has 4 aromatic rings. The number of benzene rings is 1. The van der Waals surface area contributed by atoms with E-state index in [9.17, 15) is 10.1 Å². The summed E-state index contributed by atoms with van der Waals surface area (Å²) in [6, 6.07) is 13.8. The molecule has 1 aliphatic carbocycles. The molecular formula is C31H31ClN6O2. The standard InChI is InChI=1S/C31H31ClN6O2/c1-4-40-24-10-25(29-23(13-33)15-35-38(29)18-24)20-8-9-27(34-14-20)37-16-21-11-31(3,12-22(21)17-37)36-30(39)28-19(2)6-5-7-26(28)32/h5-10,14-15,18,21-22H,4,11-12,16-17H2,1-3H3,(H,36,39)/t21-,22+,31?. The van der Waals surface area contributed by atoms with Gasteiger partial charge >= 0.3 is 0 Å². The van der Waals surface area contributed by atoms with Crippen LogP contribution in [0.15, 0.2) is 55.0 Å². The van der Waals surface area contributed by atoms with Gasteiger partial charge in [0.25, 0.3) is 5.91 Å². The average molecular weight is 555 g/mol. The number of nitrogens with zero attached hydrogens (tertiary/aromatic N) is 5. The number of pyridine rings is 2. The fraction of sp³-hybridized carbons (Fsp3) is 0.355. The van der Waals surface area contributed by atoms with Gasteiger partial charge in [0.15, 0.2) is 0 Å². The third kappa shape index (κ3) is 4.65. The first-order valence-corrected chi connectivity index (χ1v) is 14.0. The van der Waals surface area contributed by atoms with Crippen molar-refractivity contribution in [2.45, 2.75) is 39.2 Å². The first kappa shape index (κ1) is 26.1. The normalized spacial score (nSPS) is 21.8. The minimum atomic E-state index is -0.262. The molecule has 8 nitrogen and oxygen atoms in total. The second-order valence-electron chi connectivity index (χ2n) is 11.2. The molecule has 2 fully saturated rings. The van der Waals surface area contributed by atoms with Crippen molar-refractivity contribution in [3.63, 3.8) is 0 Å². The molecule has 1 aromatic carbocycles. The van der Waals surface area contributed by atoms with Gasteiger partial charge in [0.1, 0.15) is 17.6 Å². The molecule has 1 N–H and O–H groups in total. The van der Waals surface area contributed by atoms with Gasteiger partial charge in [-0.25, -0.2) is 9.50 Å². The molecule has 0 radical (unpaired) electrons. The fourth-order valence-corrected chi connectivity index (χ4v) is 6.87. The smallest absolute Gasteiger partial charge is 0.253 e. The number of nitriles is 1. The lowest BCUT2D eigenvalue weighted by molar-refractivity contribution is 0.0904. The summed E-state index contributed by atoms with van der Waals surface area (Å²) >= 11 is 6.35. The molecule has 3 atom stereocenters. The van der Waals surface area contributed by atoms with Gasteiger partial charge < -0.3 is 15.0 Å². The minimum absolute atomic E-state index is 0.0973. The third-order valence-electron chi connectivity index (χ3n) is 8.27. The van der Waals surface area contributed by atoms with Gasteiger partial charge in [0.05, 0.1) is 40.7 Å². The summed E-state index contributed by atoms with van der Waals surface area (Å²) < 4.78 is 7.43.